The molecular weight excluding hydrogens is 248 g/mol. The zero-order chi connectivity index (χ0) is 12.5. The van der Waals surface area contributed by atoms with Crippen molar-refractivity contribution in [2.75, 3.05) is 24.6 Å². The number of hydrogen-bond donors (Lipinski definition) is 1. The van der Waals surface area contributed by atoms with E-state index in [1.807, 2.05) is 18.4 Å². The molecule has 1 aliphatic heterocycles. The Bertz CT molecular complexity index is 542. The van der Waals surface area contributed by atoms with Gasteiger partial charge in [-0.05, 0) is 18.4 Å². The van der Waals surface area contributed by atoms with Gasteiger partial charge in [-0.15, -0.1) is 11.3 Å². The van der Waals surface area contributed by atoms with E-state index in [0.717, 1.165) is 29.1 Å². The molecule has 1 aliphatic rings. The van der Waals surface area contributed by atoms with Crippen LogP contribution in [0.2, 0.25) is 0 Å². The molecule has 2 aromatic heterocycles. The summed E-state index contributed by atoms with van der Waals surface area (Å²) in [5.41, 5.74) is 6.93. The third kappa shape index (κ3) is 2.07. The number of fused-ring (bicyclic) bond motifs is 1. The van der Waals surface area contributed by atoms with Crippen molar-refractivity contribution in [2.24, 2.45) is 5.73 Å². The van der Waals surface area contributed by atoms with E-state index in [1.165, 1.54) is 0 Å². The number of nitrogens with zero attached hydrogens (tertiary/aromatic N) is 3. The fourth-order valence-corrected chi connectivity index (χ4v) is 3.05. The van der Waals surface area contributed by atoms with Crippen LogP contribution in [0.15, 0.2) is 17.8 Å². The first-order chi connectivity index (χ1) is 8.75. The molecule has 1 fully saturated rings. The normalized spacial score (nSPS) is 22.3. The highest BCUT2D eigenvalue weighted by Crippen LogP contribution is 2.28. The van der Waals surface area contributed by atoms with Crippen LogP contribution in [0, 0.1) is 0 Å². The number of anilines is 1. The Morgan fingerprint density at radius 1 is 1.56 bits per heavy atom. The molecule has 0 aliphatic carbocycles. The van der Waals surface area contributed by atoms with Crippen LogP contribution in [0.3, 0.4) is 0 Å². The van der Waals surface area contributed by atoms with Gasteiger partial charge in [0.15, 0.2) is 0 Å². The first-order valence-electron chi connectivity index (χ1n) is 6.06. The van der Waals surface area contributed by atoms with E-state index in [4.69, 9.17) is 10.5 Å². The van der Waals surface area contributed by atoms with Crippen molar-refractivity contribution in [1.29, 1.82) is 0 Å². The molecule has 2 aromatic rings. The largest absolute Gasteiger partial charge is 0.373 e. The molecule has 18 heavy (non-hydrogen) atoms. The monoisotopic (exact) mass is 264 g/mol. The summed E-state index contributed by atoms with van der Waals surface area (Å²) in [5.74, 6) is 1.00. The van der Waals surface area contributed by atoms with Crippen molar-refractivity contribution < 1.29 is 4.74 Å². The lowest BCUT2D eigenvalue weighted by atomic mass is 10.1. The van der Waals surface area contributed by atoms with Crippen molar-refractivity contribution in [3.8, 4) is 0 Å². The molecule has 2 N–H and O–H groups in total. The van der Waals surface area contributed by atoms with E-state index >= 15 is 0 Å². The number of hydrogen-bond acceptors (Lipinski definition) is 6. The van der Waals surface area contributed by atoms with E-state index in [-0.39, 0.29) is 12.1 Å². The van der Waals surface area contributed by atoms with Gasteiger partial charge in [-0.3, -0.25) is 0 Å². The Morgan fingerprint density at radius 3 is 3.28 bits per heavy atom. The van der Waals surface area contributed by atoms with Gasteiger partial charge in [-0.2, -0.15) is 0 Å². The second-order valence-electron chi connectivity index (χ2n) is 4.55. The van der Waals surface area contributed by atoms with E-state index in [2.05, 4.69) is 14.9 Å². The molecule has 1 saturated heterocycles. The third-order valence-corrected chi connectivity index (χ3v) is 4.10. The smallest absolute Gasteiger partial charge is 0.150 e. The third-order valence-electron chi connectivity index (χ3n) is 3.20. The van der Waals surface area contributed by atoms with Crippen molar-refractivity contribution in [3.05, 3.63) is 17.8 Å². The van der Waals surface area contributed by atoms with E-state index in [1.54, 1.807) is 17.7 Å². The molecule has 0 aromatic carbocycles. The molecule has 3 rings (SSSR count). The number of thiophene rings is 1. The number of aromatic nitrogens is 2. The Morgan fingerprint density at radius 2 is 2.44 bits per heavy atom. The fraction of sp³-hybridized carbons (Fsp3) is 0.500. The topological polar surface area (TPSA) is 64.3 Å². The zero-order valence-electron chi connectivity index (χ0n) is 10.2. The van der Waals surface area contributed by atoms with Crippen LogP contribution < -0.4 is 10.6 Å². The lowest BCUT2D eigenvalue weighted by Crippen LogP contribution is -2.49. The Labute approximate surface area is 110 Å². The van der Waals surface area contributed by atoms with Crippen LogP contribution in [-0.4, -0.2) is 41.8 Å². The maximum absolute atomic E-state index is 5.92. The number of morpholine rings is 1. The van der Waals surface area contributed by atoms with Gasteiger partial charge in [0.25, 0.3) is 0 Å². The van der Waals surface area contributed by atoms with Gasteiger partial charge in [-0.1, -0.05) is 0 Å². The Balaban J connectivity index is 1.92. The standard InChI is InChI=1S/C12H16N4OS/c1-8(13)10-6-16(3-4-17-10)12-11-9(2-5-18-11)14-7-15-12/h2,5,7-8,10H,3-4,6,13H2,1H3. The highest BCUT2D eigenvalue weighted by atomic mass is 32.1. The quantitative estimate of drug-likeness (QED) is 0.884. The minimum atomic E-state index is 0.0356. The maximum atomic E-state index is 5.92. The summed E-state index contributed by atoms with van der Waals surface area (Å²) < 4.78 is 6.82. The number of ether oxygens (including phenoxy) is 1. The van der Waals surface area contributed by atoms with E-state index in [9.17, 15) is 0 Å². The molecule has 0 bridgehead atoms. The number of nitrogens with two attached hydrogens (primary N) is 1. The SMILES string of the molecule is CC(N)C1CN(c2ncnc3ccsc23)CCO1. The molecule has 2 atom stereocenters. The van der Waals surface area contributed by atoms with Crippen LogP contribution in [0.1, 0.15) is 6.92 Å². The molecule has 96 valence electrons. The molecule has 3 heterocycles. The van der Waals surface area contributed by atoms with E-state index < -0.39 is 0 Å². The predicted octanol–water partition coefficient (Wildman–Crippen LogP) is 1.24. The summed E-state index contributed by atoms with van der Waals surface area (Å²) in [5, 5.41) is 2.05. The van der Waals surface area contributed by atoms with Crippen LogP contribution in [0.4, 0.5) is 5.82 Å². The van der Waals surface area contributed by atoms with Gasteiger partial charge < -0.3 is 15.4 Å². The van der Waals surface area contributed by atoms with Gasteiger partial charge in [0, 0.05) is 19.1 Å². The highest BCUT2D eigenvalue weighted by Gasteiger charge is 2.25. The summed E-state index contributed by atoms with van der Waals surface area (Å²) in [4.78, 5) is 10.9. The molecule has 0 spiro atoms. The minimum Gasteiger partial charge on any atom is -0.373 e. The Kier molecular flexibility index (Phi) is 3.15. The summed E-state index contributed by atoms with van der Waals surface area (Å²) in [6, 6.07) is 2.06. The summed E-state index contributed by atoms with van der Waals surface area (Å²) in [6.45, 7) is 4.33. The molecule has 0 amide bonds. The van der Waals surface area contributed by atoms with Gasteiger partial charge in [-0.25, -0.2) is 9.97 Å². The molecule has 5 nitrogen and oxygen atoms in total. The lowest BCUT2D eigenvalue weighted by molar-refractivity contribution is 0.0274. The highest BCUT2D eigenvalue weighted by molar-refractivity contribution is 7.17. The number of rotatable bonds is 2. The first kappa shape index (κ1) is 11.8. The van der Waals surface area contributed by atoms with Gasteiger partial charge in [0.2, 0.25) is 0 Å². The second kappa shape index (κ2) is 4.79. The zero-order valence-corrected chi connectivity index (χ0v) is 11.1. The van der Waals surface area contributed by atoms with Crippen molar-refractivity contribution in [1.82, 2.24) is 9.97 Å². The van der Waals surface area contributed by atoms with Crippen molar-refractivity contribution >= 4 is 27.4 Å². The van der Waals surface area contributed by atoms with Crippen LogP contribution >= 0.6 is 11.3 Å². The van der Waals surface area contributed by atoms with Crippen LogP contribution in [-0.2, 0) is 4.74 Å². The summed E-state index contributed by atoms with van der Waals surface area (Å²) in [7, 11) is 0. The Hall–Kier alpha value is -1.24. The van der Waals surface area contributed by atoms with Crippen molar-refractivity contribution in [2.45, 2.75) is 19.1 Å². The van der Waals surface area contributed by atoms with E-state index in [0.29, 0.717) is 6.61 Å². The fourth-order valence-electron chi connectivity index (χ4n) is 2.19. The molecule has 0 saturated carbocycles. The van der Waals surface area contributed by atoms with Crippen molar-refractivity contribution in [3.63, 3.8) is 0 Å². The average Bonchev–Trinajstić information content (AvgIpc) is 2.87. The van der Waals surface area contributed by atoms with Crippen LogP contribution in [0.5, 0.6) is 0 Å². The predicted molar refractivity (Wildman–Crippen MR) is 73.0 cm³/mol. The lowest BCUT2D eigenvalue weighted by Gasteiger charge is -2.35. The molecule has 6 heteroatoms. The first-order valence-corrected chi connectivity index (χ1v) is 6.94. The van der Waals surface area contributed by atoms with Crippen LogP contribution in [0.25, 0.3) is 10.2 Å². The summed E-state index contributed by atoms with van der Waals surface area (Å²) >= 11 is 1.68. The van der Waals surface area contributed by atoms with Gasteiger partial charge >= 0.3 is 0 Å². The summed E-state index contributed by atoms with van der Waals surface area (Å²) in [6.07, 6.45) is 1.70. The molecular formula is C12H16N4OS. The molecule has 0 radical (unpaired) electrons. The second-order valence-corrected chi connectivity index (χ2v) is 5.46. The molecule has 2 unspecified atom stereocenters. The average molecular weight is 264 g/mol. The minimum absolute atomic E-state index is 0.0356. The van der Waals surface area contributed by atoms with Gasteiger partial charge in [0.05, 0.1) is 22.9 Å². The maximum Gasteiger partial charge on any atom is 0.150 e. The van der Waals surface area contributed by atoms with Gasteiger partial charge in [0.1, 0.15) is 12.1 Å².